The van der Waals surface area contributed by atoms with Crippen molar-refractivity contribution in [1.82, 2.24) is 15.8 Å². The lowest BCUT2D eigenvalue weighted by molar-refractivity contribution is -0.137. The summed E-state index contributed by atoms with van der Waals surface area (Å²) in [6.45, 7) is -0.0888. The Morgan fingerprint density at radius 2 is 1.90 bits per heavy atom. The van der Waals surface area contributed by atoms with Crippen LogP contribution >= 0.6 is 11.6 Å². The molecule has 11 heteroatoms. The lowest BCUT2D eigenvalue weighted by Crippen LogP contribution is -2.45. The number of alkyl halides is 3. The van der Waals surface area contributed by atoms with E-state index < -0.39 is 35.4 Å². The van der Waals surface area contributed by atoms with E-state index in [9.17, 15) is 32.7 Å². The zero-order valence-electron chi connectivity index (χ0n) is 15.9. The van der Waals surface area contributed by atoms with E-state index in [2.05, 4.69) is 10.9 Å². The number of aromatic hydroxyl groups is 1. The van der Waals surface area contributed by atoms with Gasteiger partial charge in [-0.25, -0.2) is 0 Å². The molecule has 2 aromatic carbocycles. The highest BCUT2D eigenvalue weighted by molar-refractivity contribution is 6.31. The first-order chi connectivity index (χ1) is 14.5. The highest BCUT2D eigenvalue weighted by Gasteiger charge is 2.35. The second-order valence-corrected chi connectivity index (χ2v) is 7.41. The average Bonchev–Trinajstić information content (AvgIpc) is 3.07. The quantitative estimate of drug-likeness (QED) is 0.617. The molecule has 1 atom stereocenters. The van der Waals surface area contributed by atoms with Crippen LogP contribution in [0.5, 0.6) is 5.75 Å². The number of hydrogen-bond donors (Lipinski definition) is 3. The van der Waals surface area contributed by atoms with Crippen molar-refractivity contribution in [1.29, 1.82) is 0 Å². The van der Waals surface area contributed by atoms with Crippen LogP contribution in [-0.4, -0.2) is 34.3 Å². The third kappa shape index (κ3) is 5.46. The van der Waals surface area contributed by atoms with Crippen LogP contribution in [-0.2, 0) is 22.3 Å². The molecule has 3 amide bonds. The SMILES string of the molecule is O=C(NNC(=O)C1CC(=O)N(Cc2cccc(C(F)(F)F)c2)C1)c1cc(Cl)ccc1O. The van der Waals surface area contributed by atoms with E-state index in [0.717, 1.165) is 12.1 Å². The Labute approximate surface area is 179 Å². The molecular weight excluding hydrogens is 439 g/mol. The molecule has 2 aromatic rings. The molecule has 1 aliphatic rings. The van der Waals surface area contributed by atoms with E-state index in [1.54, 1.807) is 0 Å². The molecule has 164 valence electrons. The first-order valence-electron chi connectivity index (χ1n) is 9.07. The fraction of sp³-hybridized carbons (Fsp3) is 0.250. The number of phenols is 1. The van der Waals surface area contributed by atoms with E-state index in [-0.39, 0.29) is 41.4 Å². The van der Waals surface area contributed by atoms with Crippen molar-refractivity contribution in [2.75, 3.05) is 6.54 Å². The van der Waals surface area contributed by atoms with Gasteiger partial charge < -0.3 is 10.0 Å². The van der Waals surface area contributed by atoms with Gasteiger partial charge in [-0.2, -0.15) is 13.2 Å². The summed E-state index contributed by atoms with van der Waals surface area (Å²) in [6, 6.07) is 8.44. The second kappa shape index (κ2) is 8.84. The number of benzene rings is 2. The molecule has 3 rings (SSSR count). The largest absolute Gasteiger partial charge is 0.507 e. The Bertz CT molecular complexity index is 1030. The number of nitrogens with zero attached hydrogens (tertiary/aromatic N) is 1. The molecular formula is C20H17ClF3N3O4. The molecule has 7 nitrogen and oxygen atoms in total. The Hall–Kier alpha value is -3.27. The van der Waals surface area contributed by atoms with Crippen molar-refractivity contribution in [2.45, 2.75) is 19.1 Å². The van der Waals surface area contributed by atoms with Gasteiger partial charge in [-0.15, -0.1) is 0 Å². The van der Waals surface area contributed by atoms with E-state index in [1.165, 1.54) is 35.2 Å². The van der Waals surface area contributed by atoms with Gasteiger partial charge in [-0.3, -0.25) is 25.2 Å². The van der Waals surface area contributed by atoms with Gasteiger partial charge in [0.25, 0.3) is 5.91 Å². The number of hydrazine groups is 1. The second-order valence-electron chi connectivity index (χ2n) is 6.98. The Kier molecular flexibility index (Phi) is 6.40. The molecule has 1 saturated heterocycles. The number of rotatable bonds is 4. The summed E-state index contributed by atoms with van der Waals surface area (Å²) >= 11 is 5.78. The molecule has 1 heterocycles. The molecule has 0 radical (unpaired) electrons. The van der Waals surface area contributed by atoms with Crippen molar-refractivity contribution in [3.63, 3.8) is 0 Å². The van der Waals surface area contributed by atoms with Crippen molar-refractivity contribution < 1.29 is 32.7 Å². The zero-order chi connectivity index (χ0) is 22.8. The van der Waals surface area contributed by atoms with E-state index in [1.807, 2.05) is 0 Å². The number of nitrogens with one attached hydrogen (secondary N) is 2. The number of hydrogen-bond acceptors (Lipinski definition) is 4. The van der Waals surface area contributed by atoms with Crippen molar-refractivity contribution in [3.05, 3.63) is 64.2 Å². The molecule has 0 aliphatic carbocycles. The van der Waals surface area contributed by atoms with Gasteiger partial charge in [0.15, 0.2) is 0 Å². The summed E-state index contributed by atoms with van der Waals surface area (Å²) in [5, 5.41) is 9.92. The fourth-order valence-corrected chi connectivity index (χ4v) is 3.32. The third-order valence-corrected chi connectivity index (χ3v) is 4.95. The number of halogens is 4. The van der Waals surface area contributed by atoms with Crippen LogP contribution in [0.25, 0.3) is 0 Å². The van der Waals surface area contributed by atoms with Crippen LogP contribution in [0.1, 0.15) is 27.9 Å². The van der Waals surface area contributed by atoms with Crippen LogP contribution in [0.2, 0.25) is 5.02 Å². The molecule has 0 saturated carbocycles. The number of carbonyl (C=O) groups excluding carboxylic acids is 3. The minimum atomic E-state index is -4.50. The van der Waals surface area contributed by atoms with Gasteiger partial charge in [-0.05, 0) is 35.9 Å². The first kappa shape index (κ1) is 22.4. The van der Waals surface area contributed by atoms with E-state index in [0.29, 0.717) is 0 Å². The van der Waals surface area contributed by atoms with Gasteiger partial charge in [0, 0.05) is 24.5 Å². The molecule has 0 aromatic heterocycles. The summed E-state index contributed by atoms with van der Waals surface area (Å²) in [5.74, 6) is -2.98. The Morgan fingerprint density at radius 1 is 1.16 bits per heavy atom. The van der Waals surface area contributed by atoms with Gasteiger partial charge in [0.2, 0.25) is 11.8 Å². The van der Waals surface area contributed by atoms with Gasteiger partial charge >= 0.3 is 6.18 Å². The van der Waals surface area contributed by atoms with E-state index in [4.69, 9.17) is 11.6 Å². The topological polar surface area (TPSA) is 98.7 Å². The molecule has 31 heavy (non-hydrogen) atoms. The summed E-state index contributed by atoms with van der Waals surface area (Å²) < 4.78 is 38.6. The zero-order valence-corrected chi connectivity index (χ0v) is 16.6. The predicted molar refractivity (Wildman–Crippen MR) is 104 cm³/mol. The first-order valence-corrected chi connectivity index (χ1v) is 9.45. The van der Waals surface area contributed by atoms with Gasteiger partial charge in [0.05, 0.1) is 17.0 Å². The van der Waals surface area contributed by atoms with E-state index >= 15 is 0 Å². The molecule has 0 bridgehead atoms. The maximum Gasteiger partial charge on any atom is 0.416 e. The van der Waals surface area contributed by atoms with Crippen molar-refractivity contribution in [2.24, 2.45) is 5.92 Å². The molecule has 1 unspecified atom stereocenters. The lowest BCUT2D eigenvalue weighted by atomic mass is 10.1. The number of amides is 3. The minimum absolute atomic E-state index is 0.0147. The smallest absolute Gasteiger partial charge is 0.416 e. The number of carbonyl (C=O) groups is 3. The summed E-state index contributed by atoms with van der Waals surface area (Å²) in [5.41, 5.74) is 3.63. The van der Waals surface area contributed by atoms with Gasteiger partial charge in [-0.1, -0.05) is 23.7 Å². The summed E-state index contributed by atoms with van der Waals surface area (Å²) in [7, 11) is 0. The Balaban J connectivity index is 1.58. The van der Waals surface area contributed by atoms with Crippen LogP contribution in [0.3, 0.4) is 0 Å². The van der Waals surface area contributed by atoms with Crippen LogP contribution in [0, 0.1) is 5.92 Å². The maximum atomic E-state index is 12.9. The molecule has 0 spiro atoms. The maximum absolute atomic E-state index is 12.9. The Morgan fingerprint density at radius 3 is 2.61 bits per heavy atom. The number of likely N-dealkylation sites (tertiary alicyclic amines) is 1. The van der Waals surface area contributed by atoms with Crippen molar-refractivity contribution in [3.8, 4) is 5.75 Å². The number of phenolic OH excluding ortho intramolecular Hbond substituents is 1. The molecule has 1 fully saturated rings. The standard InChI is InChI=1S/C20H17ClF3N3O4/c21-14-4-5-16(28)15(8-14)19(31)26-25-18(30)12-7-17(29)27(10-12)9-11-2-1-3-13(6-11)20(22,23)24/h1-6,8,12,28H,7,9-10H2,(H,25,30)(H,26,31). The predicted octanol–water partition coefficient (Wildman–Crippen LogP) is 2.87. The average molecular weight is 456 g/mol. The molecule has 1 aliphatic heterocycles. The van der Waals surface area contributed by atoms with Crippen molar-refractivity contribution >= 4 is 29.3 Å². The lowest BCUT2D eigenvalue weighted by Gasteiger charge is -2.18. The normalized spacial score (nSPS) is 16.3. The highest BCUT2D eigenvalue weighted by atomic mass is 35.5. The van der Waals surface area contributed by atoms with Gasteiger partial charge in [0.1, 0.15) is 5.75 Å². The third-order valence-electron chi connectivity index (χ3n) is 4.72. The monoisotopic (exact) mass is 455 g/mol. The minimum Gasteiger partial charge on any atom is -0.507 e. The fourth-order valence-electron chi connectivity index (χ4n) is 3.14. The highest BCUT2D eigenvalue weighted by Crippen LogP contribution is 2.30. The van der Waals surface area contributed by atoms with Crippen LogP contribution in [0.4, 0.5) is 13.2 Å². The summed E-state index contributed by atoms with van der Waals surface area (Å²) in [6.07, 6.45) is -4.65. The summed E-state index contributed by atoms with van der Waals surface area (Å²) in [4.78, 5) is 37.9. The van der Waals surface area contributed by atoms with Crippen LogP contribution < -0.4 is 10.9 Å². The molecule has 3 N–H and O–H groups in total. The van der Waals surface area contributed by atoms with Crippen LogP contribution in [0.15, 0.2) is 42.5 Å².